The minimum absolute atomic E-state index is 0.0195. The molecule has 0 aliphatic heterocycles. The number of carbonyl (C=O) groups excluding carboxylic acids is 3. The van der Waals surface area contributed by atoms with Crippen LogP contribution >= 0.6 is 11.3 Å². The highest BCUT2D eigenvalue weighted by Crippen LogP contribution is 2.25. The number of amides is 2. The first-order valence-corrected chi connectivity index (χ1v) is 10.9. The van der Waals surface area contributed by atoms with Gasteiger partial charge in [0.1, 0.15) is 18.2 Å². The van der Waals surface area contributed by atoms with Crippen molar-refractivity contribution in [1.82, 2.24) is 10.3 Å². The molecule has 2 N–H and O–H groups in total. The summed E-state index contributed by atoms with van der Waals surface area (Å²) in [6, 6.07) is 15.4. The van der Waals surface area contributed by atoms with Crippen LogP contribution < -0.4 is 10.6 Å². The highest BCUT2D eigenvalue weighted by molar-refractivity contribution is 7.22. The topological polar surface area (TPSA) is 107 Å². The summed E-state index contributed by atoms with van der Waals surface area (Å²) in [7, 11) is 0. The van der Waals surface area contributed by atoms with Crippen molar-refractivity contribution in [1.29, 1.82) is 0 Å². The maximum atomic E-state index is 12.7. The SMILES string of the molecule is CC(C)(C)OC(=O)N[C@@H](CC(=O)Nc1nc2ccccc2s1)C(=O)OCc1ccccc1. The summed E-state index contributed by atoms with van der Waals surface area (Å²) in [4.78, 5) is 41.8. The first-order valence-electron chi connectivity index (χ1n) is 10.0. The number of para-hydroxylation sites is 1. The summed E-state index contributed by atoms with van der Waals surface area (Å²) in [6.07, 6.45) is -1.14. The lowest BCUT2D eigenvalue weighted by Crippen LogP contribution is -2.46. The van der Waals surface area contributed by atoms with Crippen molar-refractivity contribution >= 4 is 44.7 Å². The van der Waals surface area contributed by atoms with E-state index < -0.39 is 29.6 Å². The predicted octanol–water partition coefficient (Wildman–Crippen LogP) is 4.26. The number of hydrogen-bond donors (Lipinski definition) is 2. The van der Waals surface area contributed by atoms with Crippen LogP contribution in [-0.2, 0) is 25.7 Å². The zero-order chi connectivity index (χ0) is 23.1. The first-order chi connectivity index (χ1) is 15.2. The van der Waals surface area contributed by atoms with E-state index in [1.54, 1.807) is 20.8 Å². The molecule has 0 unspecified atom stereocenters. The lowest BCUT2D eigenvalue weighted by Gasteiger charge is -2.22. The molecule has 3 aromatic rings. The van der Waals surface area contributed by atoms with Gasteiger partial charge in [-0.05, 0) is 38.5 Å². The number of rotatable bonds is 7. The highest BCUT2D eigenvalue weighted by Gasteiger charge is 2.28. The van der Waals surface area contributed by atoms with E-state index in [0.717, 1.165) is 15.8 Å². The van der Waals surface area contributed by atoms with Gasteiger partial charge in [-0.3, -0.25) is 4.79 Å². The summed E-state index contributed by atoms with van der Waals surface area (Å²) in [5.41, 5.74) is 0.792. The molecule has 168 valence electrons. The second-order valence-corrected chi connectivity index (χ2v) is 9.06. The number of carbonyl (C=O) groups is 3. The number of fused-ring (bicyclic) bond motifs is 1. The van der Waals surface area contributed by atoms with Crippen LogP contribution in [-0.4, -0.2) is 34.6 Å². The highest BCUT2D eigenvalue weighted by atomic mass is 32.1. The predicted molar refractivity (Wildman–Crippen MR) is 122 cm³/mol. The number of esters is 1. The summed E-state index contributed by atoms with van der Waals surface area (Å²) in [5.74, 6) is -1.22. The molecule has 0 spiro atoms. The zero-order valence-electron chi connectivity index (χ0n) is 18.1. The van der Waals surface area contributed by atoms with E-state index in [2.05, 4.69) is 15.6 Å². The van der Waals surface area contributed by atoms with Gasteiger partial charge in [0.05, 0.1) is 16.6 Å². The molecule has 0 radical (unpaired) electrons. The molecule has 0 saturated carbocycles. The molecule has 9 heteroatoms. The average molecular weight is 456 g/mol. The van der Waals surface area contributed by atoms with Gasteiger partial charge in [-0.15, -0.1) is 0 Å². The van der Waals surface area contributed by atoms with E-state index in [4.69, 9.17) is 9.47 Å². The van der Waals surface area contributed by atoms with Crippen LogP contribution in [0.15, 0.2) is 54.6 Å². The molecule has 1 atom stereocenters. The van der Waals surface area contributed by atoms with Gasteiger partial charge in [0, 0.05) is 0 Å². The Labute approximate surface area is 189 Å². The van der Waals surface area contributed by atoms with Crippen molar-refractivity contribution in [3.8, 4) is 0 Å². The normalized spacial score (nSPS) is 12.1. The first kappa shape index (κ1) is 23.2. The summed E-state index contributed by atoms with van der Waals surface area (Å²) in [6.45, 7) is 5.13. The number of nitrogens with one attached hydrogen (secondary N) is 2. The minimum atomic E-state index is -1.22. The van der Waals surface area contributed by atoms with Gasteiger partial charge in [0.15, 0.2) is 5.13 Å². The smallest absolute Gasteiger partial charge is 0.408 e. The summed E-state index contributed by atoms with van der Waals surface area (Å²) in [5, 5.41) is 5.53. The van der Waals surface area contributed by atoms with Gasteiger partial charge < -0.3 is 20.1 Å². The molecule has 2 aromatic carbocycles. The van der Waals surface area contributed by atoms with Gasteiger partial charge in [-0.25, -0.2) is 14.6 Å². The molecule has 8 nitrogen and oxygen atoms in total. The number of hydrogen-bond acceptors (Lipinski definition) is 7. The molecule has 0 bridgehead atoms. The van der Waals surface area contributed by atoms with E-state index in [1.165, 1.54) is 11.3 Å². The van der Waals surface area contributed by atoms with Gasteiger partial charge in [-0.1, -0.05) is 53.8 Å². The van der Waals surface area contributed by atoms with Gasteiger partial charge in [0.2, 0.25) is 5.91 Å². The Morgan fingerprint density at radius 3 is 2.41 bits per heavy atom. The monoisotopic (exact) mass is 455 g/mol. The molecule has 32 heavy (non-hydrogen) atoms. The number of thiazole rings is 1. The largest absolute Gasteiger partial charge is 0.459 e. The van der Waals surface area contributed by atoms with Crippen LogP contribution in [0.25, 0.3) is 10.2 Å². The third kappa shape index (κ3) is 7.05. The van der Waals surface area contributed by atoms with Gasteiger partial charge >= 0.3 is 12.1 Å². The molecule has 2 amide bonds. The van der Waals surface area contributed by atoms with E-state index >= 15 is 0 Å². The minimum Gasteiger partial charge on any atom is -0.459 e. The molecule has 0 saturated heterocycles. The zero-order valence-corrected chi connectivity index (χ0v) is 18.9. The van der Waals surface area contributed by atoms with E-state index in [-0.39, 0.29) is 13.0 Å². The Hall–Kier alpha value is -3.46. The van der Waals surface area contributed by atoms with Gasteiger partial charge in [0.25, 0.3) is 0 Å². The Kier molecular flexibility index (Phi) is 7.42. The van der Waals surface area contributed by atoms with Crippen LogP contribution in [0.3, 0.4) is 0 Å². The molecule has 1 aromatic heterocycles. The number of nitrogens with zero attached hydrogens (tertiary/aromatic N) is 1. The van der Waals surface area contributed by atoms with Crippen molar-refractivity contribution in [2.75, 3.05) is 5.32 Å². The fourth-order valence-corrected chi connectivity index (χ4v) is 3.64. The van der Waals surface area contributed by atoms with Crippen molar-refractivity contribution in [3.05, 3.63) is 60.2 Å². The van der Waals surface area contributed by atoms with Crippen LogP contribution in [0.2, 0.25) is 0 Å². The molecule has 0 aliphatic carbocycles. The number of alkyl carbamates (subject to hydrolysis) is 1. The Balaban J connectivity index is 1.66. The standard InChI is InChI=1S/C23H25N3O5S/c1-23(2,3)31-22(29)25-17(20(28)30-14-15-9-5-4-6-10-15)13-19(27)26-21-24-16-11-7-8-12-18(16)32-21/h4-12,17H,13-14H2,1-3H3,(H,25,29)(H,24,26,27)/t17-/m0/s1. The fraction of sp³-hybridized carbons (Fsp3) is 0.304. The van der Waals surface area contributed by atoms with Gasteiger partial charge in [-0.2, -0.15) is 0 Å². The number of benzene rings is 2. The van der Waals surface area contributed by atoms with Crippen LogP contribution in [0.5, 0.6) is 0 Å². The van der Waals surface area contributed by atoms with Crippen molar-refractivity contribution in [3.63, 3.8) is 0 Å². The number of ether oxygens (including phenoxy) is 2. The third-order valence-corrected chi connectivity index (χ3v) is 5.08. The van der Waals surface area contributed by atoms with E-state index in [0.29, 0.717) is 5.13 Å². The molecular formula is C23H25N3O5S. The maximum absolute atomic E-state index is 12.7. The average Bonchev–Trinajstić information content (AvgIpc) is 3.13. The Bertz CT molecular complexity index is 1060. The Morgan fingerprint density at radius 2 is 1.72 bits per heavy atom. The maximum Gasteiger partial charge on any atom is 0.408 e. The molecule has 0 fully saturated rings. The van der Waals surface area contributed by atoms with Crippen LogP contribution in [0.4, 0.5) is 9.93 Å². The molecular weight excluding hydrogens is 430 g/mol. The molecule has 1 heterocycles. The van der Waals surface area contributed by atoms with Crippen molar-refractivity contribution in [2.24, 2.45) is 0 Å². The van der Waals surface area contributed by atoms with E-state index in [9.17, 15) is 14.4 Å². The van der Waals surface area contributed by atoms with Crippen molar-refractivity contribution in [2.45, 2.75) is 45.4 Å². The third-order valence-electron chi connectivity index (χ3n) is 4.13. The number of aromatic nitrogens is 1. The lowest BCUT2D eigenvalue weighted by molar-refractivity contribution is -0.148. The fourth-order valence-electron chi connectivity index (χ4n) is 2.75. The van der Waals surface area contributed by atoms with E-state index in [1.807, 2.05) is 54.6 Å². The number of anilines is 1. The Morgan fingerprint density at radius 1 is 1.03 bits per heavy atom. The summed E-state index contributed by atoms with van der Waals surface area (Å²) < 4.78 is 11.5. The lowest BCUT2D eigenvalue weighted by atomic mass is 10.2. The second-order valence-electron chi connectivity index (χ2n) is 8.03. The quantitative estimate of drug-likeness (QED) is 0.516. The second kappa shape index (κ2) is 10.2. The summed E-state index contributed by atoms with van der Waals surface area (Å²) >= 11 is 1.32. The van der Waals surface area contributed by atoms with Crippen LogP contribution in [0, 0.1) is 0 Å². The molecule has 3 rings (SSSR count). The van der Waals surface area contributed by atoms with Crippen LogP contribution in [0.1, 0.15) is 32.8 Å². The van der Waals surface area contributed by atoms with Crippen molar-refractivity contribution < 1.29 is 23.9 Å². The molecule has 0 aliphatic rings.